The average molecular weight is 421 g/mol. The summed E-state index contributed by atoms with van der Waals surface area (Å²) < 4.78 is 4.33. The van der Waals surface area contributed by atoms with Crippen molar-refractivity contribution >= 4 is 43.2 Å². The summed E-state index contributed by atoms with van der Waals surface area (Å²) in [6, 6.07) is 2.37. The van der Waals surface area contributed by atoms with Crippen LogP contribution < -0.4 is 5.32 Å². The Labute approximate surface area is 141 Å². The first kappa shape index (κ1) is 16.2. The zero-order valence-corrected chi connectivity index (χ0v) is 15.7. The molecule has 110 valence electrons. The molecule has 1 N–H and O–H groups in total. The van der Waals surface area contributed by atoms with Crippen molar-refractivity contribution in [2.45, 2.75) is 39.3 Å². The SMILES string of the molecule is CCCNC(c1csc(Br)c1)c1c(Br)cnn1CCC. The van der Waals surface area contributed by atoms with Gasteiger partial charge in [-0.1, -0.05) is 13.8 Å². The molecule has 1 unspecified atom stereocenters. The second kappa shape index (κ2) is 7.73. The van der Waals surface area contributed by atoms with Crippen LogP contribution in [0.4, 0.5) is 0 Å². The predicted octanol–water partition coefficient (Wildman–Crippen LogP) is 4.97. The van der Waals surface area contributed by atoms with Gasteiger partial charge in [0.15, 0.2) is 0 Å². The van der Waals surface area contributed by atoms with Crippen molar-refractivity contribution in [1.29, 1.82) is 0 Å². The third-order valence-corrected chi connectivity index (χ3v) is 5.20. The normalized spacial score (nSPS) is 12.8. The number of nitrogens with one attached hydrogen (secondary N) is 1. The van der Waals surface area contributed by atoms with Gasteiger partial charge in [0.25, 0.3) is 0 Å². The van der Waals surface area contributed by atoms with Gasteiger partial charge in [0, 0.05) is 6.54 Å². The molecular formula is C14H19Br2N3S. The lowest BCUT2D eigenvalue weighted by molar-refractivity contribution is 0.511. The zero-order chi connectivity index (χ0) is 14.5. The Morgan fingerprint density at radius 3 is 2.75 bits per heavy atom. The number of halogens is 2. The van der Waals surface area contributed by atoms with E-state index in [2.05, 4.69) is 72.3 Å². The predicted molar refractivity (Wildman–Crippen MR) is 92.4 cm³/mol. The molecule has 0 fully saturated rings. The fraction of sp³-hybridized carbons (Fsp3) is 0.500. The van der Waals surface area contributed by atoms with Crippen LogP contribution >= 0.6 is 43.2 Å². The molecule has 2 aromatic rings. The van der Waals surface area contributed by atoms with E-state index in [1.54, 1.807) is 11.3 Å². The molecule has 0 aliphatic heterocycles. The van der Waals surface area contributed by atoms with Crippen molar-refractivity contribution in [3.8, 4) is 0 Å². The smallest absolute Gasteiger partial charge is 0.0768 e. The van der Waals surface area contributed by atoms with E-state index in [0.29, 0.717) is 0 Å². The number of aromatic nitrogens is 2. The van der Waals surface area contributed by atoms with Gasteiger partial charge in [-0.25, -0.2) is 0 Å². The standard InChI is InChI=1S/C14H19Br2N3S/c1-3-5-17-13(10-7-12(16)20-9-10)14-11(15)8-18-19(14)6-4-2/h7-9,13,17H,3-6H2,1-2H3. The Hall–Kier alpha value is -0.170. The Morgan fingerprint density at radius 1 is 1.35 bits per heavy atom. The molecule has 6 heteroatoms. The fourth-order valence-electron chi connectivity index (χ4n) is 2.18. The van der Waals surface area contributed by atoms with E-state index in [-0.39, 0.29) is 6.04 Å². The zero-order valence-electron chi connectivity index (χ0n) is 11.7. The molecule has 0 saturated carbocycles. The van der Waals surface area contributed by atoms with E-state index in [0.717, 1.165) is 34.2 Å². The van der Waals surface area contributed by atoms with E-state index in [1.165, 1.54) is 11.3 Å². The maximum atomic E-state index is 4.49. The third kappa shape index (κ3) is 3.72. The average Bonchev–Trinajstić information content (AvgIpc) is 3.00. The van der Waals surface area contributed by atoms with Gasteiger partial charge >= 0.3 is 0 Å². The minimum absolute atomic E-state index is 0.181. The lowest BCUT2D eigenvalue weighted by atomic mass is 10.1. The highest BCUT2D eigenvalue weighted by molar-refractivity contribution is 9.11. The first-order valence-corrected chi connectivity index (χ1v) is 9.32. The van der Waals surface area contributed by atoms with Crippen LogP contribution in [0.3, 0.4) is 0 Å². The molecule has 0 saturated heterocycles. The van der Waals surface area contributed by atoms with Gasteiger partial charge in [-0.05, 0) is 68.3 Å². The van der Waals surface area contributed by atoms with Crippen molar-refractivity contribution in [3.63, 3.8) is 0 Å². The molecule has 0 aliphatic rings. The molecule has 0 bridgehead atoms. The number of hydrogen-bond acceptors (Lipinski definition) is 3. The molecule has 0 spiro atoms. The van der Waals surface area contributed by atoms with Crippen molar-refractivity contribution in [2.24, 2.45) is 0 Å². The summed E-state index contributed by atoms with van der Waals surface area (Å²) in [5.41, 5.74) is 2.50. The van der Waals surface area contributed by atoms with Gasteiger partial charge in [0.1, 0.15) is 0 Å². The van der Waals surface area contributed by atoms with E-state index < -0.39 is 0 Å². The first-order valence-electron chi connectivity index (χ1n) is 6.85. The second-order valence-corrected chi connectivity index (χ2v) is 7.82. The van der Waals surface area contributed by atoms with Gasteiger partial charge in [-0.3, -0.25) is 4.68 Å². The van der Waals surface area contributed by atoms with Crippen LogP contribution in [0.1, 0.15) is 44.0 Å². The summed E-state index contributed by atoms with van der Waals surface area (Å²) in [4.78, 5) is 0. The topological polar surface area (TPSA) is 29.9 Å². The monoisotopic (exact) mass is 419 g/mol. The van der Waals surface area contributed by atoms with E-state index >= 15 is 0 Å². The highest BCUT2D eigenvalue weighted by Gasteiger charge is 2.22. The van der Waals surface area contributed by atoms with Crippen LogP contribution in [0.15, 0.2) is 25.9 Å². The van der Waals surface area contributed by atoms with Crippen molar-refractivity contribution < 1.29 is 0 Å². The summed E-state index contributed by atoms with van der Waals surface area (Å²) in [7, 11) is 0. The summed E-state index contributed by atoms with van der Waals surface area (Å²) in [5.74, 6) is 0. The Bertz CT molecular complexity index is 550. The van der Waals surface area contributed by atoms with Gasteiger partial charge in [0.05, 0.1) is 26.2 Å². The van der Waals surface area contributed by atoms with Crippen molar-refractivity contribution in [3.05, 3.63) is 37.2 Å². The highest BCUT2D eigenvalue weighted by atomic mass is 79.9. The summed E-state index contributed by atoms with van der Waals surface area (Å²) >= 11 is 8.93. The van der Waals surface area contributed by atoms with E-state index in [1.807, 2.05) is 6.20 Å². The molecule has 3 nitrogen and oxygen atoms in total. The number of thiophene rings is 1. The van der Waals surface area contributed by atoms with Crippen LogP contribution in [0.25, 0.3) is 0 Å². The number of hydrogen-bond donors (Lipinski definition) is 1. The summed E-state index contributed by atoms with van der Waals surface area (Å²) in [6.45, 7) is 6.29. The molecule has 2 rings (SSSR count). The Balaban J connectivity index is 2.37. The van der Waals surface area contributed by atoms with Crippen LogP contribution in [0.2, 0.25) is 0 Å². The Kier molecular flexibility index (Phi) is 6.26. The quantitative estimate of drug-likeness (QED) is 0.685. The third-order valence-electron chi connectivity index (χ3n) is 3.06. The molecule has 20 heavy (non-hydrogen) atoms. The molecule has 0 radical (unpaired) electrons. The first-order chi connectivity index (χ1) is 9.67. The van der Waals surface area contributed by atoms with E-state index in [4.69, 9.17) is 0 Å². The fourth-order valence-corrected chi connectivity index (χ4v) is 3.91. The lowest BCUT2D eigenvalue weighted by Gasteiger charge is -2.20. The van der Waals surface area contributed by atoms with Gasteiger partial charge in [-0.2, -0.15) is 5.10 Å². The number of aryl methyl sites for hydroxylation is 1. The van der Waals surface area contributed by atoms with Gasteiger partial charge < -0.3 is 5.32 Å². The Morgan fingerprint density at radius 2 is 2.15 bits per heavy atom. The number of rotatable bonds is 7. The maximum absolute atomic E-state index is 4.49. The lowest BCUT2D eigenvalue weighted by Crippen LogP contribution is -2.26. The largest absolute Gasteiger partial charge is 0.305 e. The van der Waals surface area contributed by atoms with Gasteiger partial charge in [-0.15, -0.1) is 11.3 Å². The van der Waals surface area contributed by atoms with E-state index in [9.17, 15) is 0 Å². The molecule has 0 aliphatic carbocycles. The molecule has 1 atom stereocenters. The van der Waals surface area contributed by atoms with Gasteiger partial charge in [0.2, 0.25) is 0 Å². The summed E-state index contributed by atoms with van der Waals surface area (Å²) in [6.07, 6.45) is 4.09. The minimum atomic E-state index is 0.181. The van der Waals surface area contributed by atoms with Crippen molar-refractivity contribution in [1.82, 2.24) is 15.1 Å². The molecular weight excluding hydrogens is 402 g/mol. The highest BCUT2D eigenvalue weighted by Crippen LogP contribution is 2.33. The number of nitrogens with zero attached hydrogens (tertiary/aromatic N) is 2. The molecule has 0 amide bonds. The second-order valence-electron chi connectivity index (χ2n) is 4.67. The minimum Gasteiger partial charge on any atom is -0.305 e. The molecule has 2 aromatic heterocycles. The summed E-state index contributed by atoms with van der Waals surface area (Å²) in [5, 5.41) is 10.3. The molecule has 0 aromatic carbocycles. The van der Waals surface area contributed by atoms with Crippen LogP contribution in [0, 0.1) is 0 Å². The van der Waals surface area contributed by atoms with Crippen LogP contribution in [0.5, 0.6) is 0 Å². The van der Waals surface area contributed by atoms with Crippen molar-refractivity contribution in [2.75, 3.05) is 6.54 Å². The molecule has 2 heterocycles. The maximum Gasteiger partial charge on any atom is 0.0768 e. The van der Waals surface area contributed by atoms with Crippen LogP contribution in [-0.4, -0.2) is 16.3 Å². The van der Waals surface area contributed by atoms with Crippen LogP contribution in [-0.2, 0) is 6.54 Å².